The number of nitrogens with zero attached hydrogens (tertiary/aromatic N) is 4. The number of primary amides is 1. The lowest BCUT2D eigenvalue weighted by Crippen LogP contribution is -2.20. The van der Waals surface area contributed by atoms with Crippen LogP contribution in [0.25, 0.3) is 10.6 Å². The summed E-state index contributed by atoms with van der Waals surface area (Å²) in [6.07, 6.45) is 4.71. The van der Waals surface area contributed by atoms with Crippen LogP contribution in [-0.4, -0.2) is 31.6 Å². The topological polar surface area (TPSA) is 116 Å². The van der Waals surface area contributed by atoms with Crippen molar-refractivity contribution in [1.29, 1.82) is 0 Å². The number of rotatable bonds is 4. The third-order valence-corrected chi connectivity index (χ3v) is 3.96. The Kier molecular flexibility index (Phi) is 3.85. The maximum absolute atomic E-state index is 12.3. The molecule has 8 nitrogen and oxygen atoms in total. The molecule has 9 heteroatoms. The lowest BCUT2D eigenvalue weighted by atomic mass is 10.3. The van der Waals surface area contributed by atoms with Crippen molar-refractivity contribution in [2.24, 2.45) is 12.8 Å². The van der Waals surface area contributed by atoms with Crippen LogP contribution in [0.3, 0.4) is 0 Å². The van der Waals surface area contributed by atoms with Gasteiger partial charge in [-0.3, -0.25) is 19.3 Å². The minimum Gasteiger partial charge on any atom is -0.364 e. The van der Waals surface area contributed by atoms with Crippen LogP contribution in [0.4, 0.5) is 5.69 Å². The summed E-state index contributed by atoms with van der Waals surface area (Å²) in [4.78, 5) is 32.0. The monoisotopic (exact) mass is 328 g/mol. The lowest BCUT2D eigenvalue weighted by Gasteiger charge is -2.03. The van der Waals surface area contributed by atoms with Gasteiger partial charge in [0.2, 0.25) is 0 Å². The first-order chi connectivity index (χ1) is 11.1. The van der Waals surface area contributed by atoms with Crippen molar-refractivity contribution in [3.8, 4) is 10.6 Å². The summed E-state index contributed by atoms with van der Waals surface area (Å²) in [5.41, 5.74) is 6.73. The van der Waals surface area contributed by atoms with E-state index < -0.39 is 11.8 Å². The molecule has 0 spiro atoms. The second-order valence-corrected chi connectivity index (χ2v) is 5.49. The zero-order valence-corrected chi connectivity index (χ0v) is 12.9. The van der Waals surface area contributed by atoms with Crippen LogP contribution in [0.5, 0.6) is 0 Å². The maximum atomic E-state index is 12.3. The van der Waals surface area contributed by atoms with Crippen molar-refractivity contribution >= 4 is 28.8 Å². The molecule has 0 bridgehead atoms. The highest BCUT2D eigenvalue weighted by Crippen LogP contribution is 2.23. The van der Waals surface area contributed by atoms with Crippen molar-refractivity contribution in [3.63, 3.8) is 0 Å². The second-order valence-electron chi connectivity index (χ2n) is 4.63. The molecule has 3 N–H and O–H groups in total. The molecular formula is C14H12N6O2S. The molecule has 116 valence electrons. The number of hydrogen-bond acceptors (Lipinski definition) is 6. The first-order valence-electron chi connectivity index (χ1n) is 6.55. The SMILES string of the molecule is Cn1ncc(NC(=O)c2csc(-c3cccnc3)n2)c1C(N)=O. The van der Waals surface area contributed by atoms with Gasteiger partial charge in [0.15, 0.2) is 0 Å². The van der Waals surface area contributed by atoms with Crippen LogP contribution in [0, 0.1) is 0 Å². The number of carbonyl (C=O) groups excluding carboxylic acids is 2. The summed E-state index contributed by atoms with van der Waals surface area (Å²) >= 11 is 1.33. The van der Waals surface area contributed by atoms with Crippen molar-refractivity contribution in [1.82, 2.24) is 19.7 Å². The molecule has 0 saturated carbocycles. The molecule has 0 aliphatic carbocycles. The van der Waals surface area contributed by atoms with Gasteiger partial charge in [0.1, 0.15) is 16.4 Å². The highest BCUT2D eigenvalue weighted by atomic mass is 32.1. The van der Waals surface area contributed by atoms with E-state index in [2.05, 4.69) is 20.4 Å². The first-order valence-corrected chi connectivity index (χ1v) is 7.43. The molecule has 3 rings (SSSR count). The van der Waals surface area contributed by atoms with Gasteiger partial charge in [-0.1, -0.05) is 0 Å². The Morgan fingerprint density at radius 2 is 2.17 bits per heavy atom. The van der Waals surface area contributed by atoms with E-state index in [-0.39, 0.29) is 17.1 Å². The number of aromatic nitrogens is 4. The molecule has 23 heavy (non-hydrogen) atoms. The molecule has 0 unspecified atom stereocenters. The fraction of sp³-hybridized carbons (Fsp3) is 0.0714. The van der Waals surface area contributed by atoms with Gasteiger partial charge in [0.05, 0.1) is 11.9 Å². The van der Waals surface area contributed by atoms with Gasteiger partial charge in [0, 0.05) is 30.4 Å². The van der Waals surface area contributed by atoms with E-state index in [0.717, 1.165) is 5.56 Å². The van der Waals surface area contributed by atoms with E-state index >= 15 is 0 Å². The predicted molar refractivity (Wildman–Crippen MR) is 85.0 cm³/mol. The summed E-state index contributed by atoms with van der Waals surface area (Å²) in [6, 6.07) is 3.66. The number of nitrogens with one attached hydrogen (secondary N) is 1. The first kappa shape index (κ1) is 14.9. The molecular weight excluding hydrogens is 316 g/mol. The van der Waals surface area contributed by atoms with Gasteiger partial charge >= 0.3 is 0 Å². The predicted octanol–water partition coefficient (Wildman–Crippen LogP) is 1.29. The normalized spacial score (nSPS) is 10.5. The van der Waals surface area contributed by atoms with Crippen LogP contribution in [-0.2, 0) is 7.05 Å². The summed E-state index contributed by atoms with van der Waals surface area (Å²) in [6.45, 7) is 0. The van der Waals surface area contributed by atoms with E-state index in [1.165, 1.54) is 22.2 Å². The molecule has 2 amide bonds. The number of aryl methyl sites for hydroxylation is 1. The third-order valence-electron chi connectivity index (χ3n) is 3.07. The van der Waals surface area contributed by atoms with Gasteiger partial charge < -0.3 is 11.1 Å². The minimum atomic E-state index is -0.672. The standard InChI is InChI=1S/C14H12N6O2S/c1-20-11(12(15)21)9(6-17-20)18-13(22)10-7-23-14(19-10)8-3-2-4-16-5-8/h2-7H,1H3,(H2,15,21)(H,18,22). The largest absolute Gasteiger partial charge is 0.364 e. The maximum Gasteiger partial charge on any atom is 0.275 e. The molecule has 3 aromatic rings. The number of hydrogen-bond donors (Lipinski definition) is 2. The average Bonchev–Trinajstić information content (AvgIpc) is 3.15. The fourth-order valence-electron chi connectivity index (χ4n) is 2.01. The molecule has 3 aromatic heterocycles. The van der Waals surface area contributed by atoms with Crippen molar-refractivity contribution in [2.75, 3.05) is 5.32 Å². The van der Waals surface area contributed by atoms with Gasteiger partial charge in [-0.05, 0) is 12.1 Å². The van der Waals surface area contributed by atoms with E-state index in [9.17, 15) is 9.59 Å². The third kappa shape index (κ3) is 2.94. The Labute approximate surface area is 135 Å². The van der Waals surface area contributed by atoms with Gasteiger partial charge in [0.25, 0.3) is 11.8 Å². The van der Waals surface area contributed by atoms with Crippen molar-refractivity contribution < 1.29 is 9.59 Å². The highest BCUT2D eigenvalue weighted by Gasteiger charge is 2.18. The van der Waals surface area contributed by atoms with Crippen LogP contribution in [0.15, 0.2) is 36.1 Å². The van der Waals surface area contributed by atoms with Crippen LogP contribution < -0.4 is 11.1 Å². The Morgan fingerprint density at radius 3 is 2.87 bits per heavy atom. The number of nitrogens with two attached hydrogens (primary N) is 1. The van der Waals surface area contributed by atoms with E-state index in [4.69, 9.17) is 5.73 Å². The average molecular weight is 328 g/mol. The zero-order chi connectivity index (χ0) is 16.4. The second kappa shape index (κ2) is 5.97. The molecule has 0 fully saturated rings. The van der Waals surface area contributed by atoms with E-state index in [1.54, 1.807) is 30.9 Å². The summed E-state index contributed by atoms with van der Waals surface area (Å²) in [5, 5.41) is 8.83. The Bertz CT molecular complexity index is 871. The summed E-state index contributed by atoms with van der Waals surface area (Å²) in [7, 11) is 1.57. The number of anilines is 1. The molecule has 3 heterocycles. The van der Waals surface area contributed by atoms with Gasteiger partial charge in [-0.15, -0.1) is 11.3 Å². The minimum absolute atomic E-state index is 0.126. The van der Waals surface area contributed by atoms with Crippen molar-refractivity contribution in [2.45, 2.75) is 0 Å². The molecule has 0 atom stereocenters. The number of pyridine rings is 1. The molecule has 0 aromatic carbocycles. The van der Waals surface area contributed by atoms with Crippen LogP contribution in [0.1, 0.15) is 21.0 Å². The highest BCUT2D eigenvalue weighted by molar-refractivity contribution is 7.13. The Balaban J connectivity index is 1.83. The smallest absolute Gasteiger partial charge is 0.275 e. The summed E-state index contributed by atoms with van der Waals surface area (Å²) in [5.74, 6) is -1.11. The fourth-order valence-corrected chi connectivity index (χ4v) is 2.80. The number of carbonyl (C=O) groups is 2. The number of amides is 2. The Morgan fingerprint density at radius 1 is 1.35 bits per heavy atom. The summed E-state index contributed by atoms with van der Waals surface area (Å²) < 4.78 is 1.31. The molecule has 0 saturated heterocycles. The quantitative estimate of drug-likeness (QED) is 0.748. The van der Waals surface area contributed by atoms with E-state index in [1.807, 2.05) is 6.07 Å². The van der Waals surface area contributed by atoms with Crippen LogP contribution >= 0.6 is 11.3 Å². The number of thiazole rings is 1. The molecule has 0 aliphatic rings. The Hall–Kier alpha value is -3.07. The molecule has 0 aliphatic heterocycles. The zero-order valence-electron chi connectivity index (χ0n) is 12.1. The van der Waals surface area contributed by atoms with E-state index in [0.29, 0.717) is 5.01 Å². The molecule has 0 radical (unpaired) electrons. The van der Waals surface area contributed by atoms with Crippen LogP contribution in [0.2, 0.25) is 0 Å². The van der Waals surface area contributed by atoms with Gasteiger partial charge in [-0.2, -0.15) is 5.10 Å². The van der Waals surface area contributed by atoms with Crippen molar-refractivity contribution in [3.05, 3.63) is 47.5 Å². The van der Waals surface area contributed by atoms with Gasteiger partial charge in [-0.25, -0.2) is 4.98 Å². The lowest BCUT2D eigenvalue weighted by molar-refractivity contribution is 0.0992.